The summed E-state index contributed by atoms with van der Waals surface area (Å²) in [5.41, 5.74) is 1.05. The van der Waals surface area contributed by atoms with E-state index in [0.717, 1.165) is 30.4 Å². The third-order valence-corrected chi connectivity index (χ3v) is 6.19. The molecule has 0 heterocycles. The molecule has 0 bridgehead atoms. The van der Waals surface area contributed by atoms with Gasteiger partial charge in [-0.25, -0.2) is 13.1 Å². The van der Waals surface area contributed by atoms with Crippen LogP contribution in [0, 0.1) is 11.8 Å². The van der Waals surface area contributed by atoms with Gasteiger partial charge in [-0.1, -0.05) is 0 Å². The van der Waals surface area contributed by atoms with Gasteiger partial charge in [-0.2, -0.15) is 0 Å². The molecule has 0 spiro atoms. The molecule has 4 nitrogen and oxygen atoms in total. The van der Waals surface area contributed by atoms with Gasteiger partial charge in [0.15, 0.2) is 0 Å². The van der Waals surface area contributed by atoms with Crippen molar-refractivity contribution < 1.29 is 8.42 Å². The molecule has 3 aliphatic rings. The van der Waals surface area contributed by atoms with E-state index in [9.17, 15) is 8.42 Å². The summed E-state index contributed by atoms with van der Waals surface area (Å²) < 4.78 is 27.0. The average molecular weight is 306 g/mol. The van der Waals surface area contributed by atoms with Gasteiger partial charge in [0.2, 0.25) is 10.0 Å². The summed E-state index contributed by atoms with van der Waals surface area (Å²) in [5.74, 6) is 1.66. The van der Waals surface area contributed by atoms with Crippen molar-refractivity contribution in [1.29, 1.82) is 0 Å². The summed E-state index contributed by atoms with van der Waals surface area (Å²) in [5, 5.41) is 3.62. The van der Waals surface area contributed by atoms with Crippen LogP contribution < -0.4 is 10.0 Å². The van der Waals surface area contributed by atoms with Crippen molar-refractivity contribution in [2.45, 2.75) is 55.5 Å². The van der Waals surface area contributed by atoms with Crippen molar-refractivity contribution in [2.24, 2.45) is 11.8 Å². The van der Waals surface area contributed by atoms with Gasteiger partial charge in [-0.15, -0.1) is 0 Å². The second-order valence-electron chi connectivity index (χ2n) is 6.76. The van der Waals surface area contributed by atoms with Crippen LogP contribution in [0.5, 0.6) is 0 Å². The lowest BCUT2D eigenvalue weighted by molar-refractivity contribution is 0.567. The van der Waals surface area contributed by atoms with Gasteiger partial charge >= 0.3 is 0 Å². The van der Waals surface area contributed by atoms with Crippen molar-refractivity contribution in [3.05, 3.63) is 24.3 Å². The Morgan fingerprint density at radius 2 is 1.48 bits per heavy atom. The van der Waals surface area contributed by atoms with E-state index in [1.54, 1.807) is 12.1 Å². The fourth-order valence-electron chi connectivity index (χ4n) is 2.94. The molecule has 2 N–H and O–H groups in total. The molecule has 0 aromatic heterocycles. The summed E-state index contributed by atoms with van der Waals surface area (Å²) in [4.78, 5) is 0.370. The minimum atomic E-state index is -3.33. The first-order chi connectivity index (χ1) is 10.1. The fourth-order valence-corrected chi connectivity index (χ4v) is 4.25. The van der Waals surface area contributed by atoms with Gasteiger partial charge in [0, 0.05) is 17.8 Å². The zero-order chi connectivity index (χ0) is 14.4. The number of sulfonamides is 1. The van der Waals surface area contributed by atoms with Gasteiger partial charge in [0.25, 0.3) is 0 Å². The zero-order valence-electron chi connectivity index (χ0n) is 12.1. The molecule has 0 aliphatic heterocycles. The predicted molar refractivity (Wildman–Crippen MR) is 82.6 cm³/mol. The van der Waals surface area contributed by atoms with E-state index in [2.05, 4.69) is 10.0 Å². The van der Waals surface area contributed by atoms with Gasteiger partial charge in [-0.3, -0.25) is 0 Å². The topological polar surface area (TPSA) is 58.2 Å². The van der Waals surface area contributed by atoms with Crippen LogP contribution in [0.3, 0.4) is 0 Å². The number of hydrogen-bond acceptors (Lipinski definition) is 3. The maximum atomic E-state index is 12.1. The normalized spacial score (nSPS) is 22.5. The third kappa shape index (κ3) is 3.24. The van der Waals surface area contributed by atoms with Crippen molar-refractivity contribution in [3.8, 4) is 0 Å². The molecule has 3 saturated carbocycles. The second kappa shape index (κ2) is 4.99. The minimum Gasteiger partial charge on any atom is -0.382 e. The maximum absolute atomic E-state index is 12.1. The SMILES string of the molecule is O=S(=O)(NC1CC1)c1ccc(NC(C2CC2)C2CC2)cc1. The lowest BCUT2D eigenvalue weighted by Crippen LogP contribution is -2.26. The van der Waals surface area contributed by atoms with E-state index < -0.39 is 10.0 Å². The Morgan fingerprint density at radius 1 is 0.905 bits per heavy atom. The molecule has 21 heavy (non-hydrogen) atoms. The van der Waals surface area contributed by atoms with Crippen LogP contribution in [-0.4, -0.2) is 20.5 Å². The number of hydrogen-bond donors (Lipinski definition) is 2. The molecule has 1 aromatic rings. The number of nitrogens with one attached hydrogen (secondary N) is 2. The van der Waals surface area contributed by atoms with E-state index in [1.807, 2.05) is 12.1 Å². The van der Waals surface area contributed by atoms with Crippen LogP contribution in [0.15, 0.2) is 29.2 Å². The first kappa shape index (κ1) is 13.6. The van der Waals surface area contributed by atoms with E-state index in [4.69, 9.17) is 0 Å². The molecular weight excluding hydrogens is 284 g/mol. The monoisotopic (exact) mass is 306 g/mol. The van der Waals surface area contributed by atoms with Gasteiger partial charge in [0.1, 0.15) is 0 Å². The largest absolute Gasteiger partial charge is 0.382 e. The lowest BCUT2D eigenvalue weighted by Gasteiger charge is -2.19. The van der Waals surface area contributed by atoms with Crippen molar-refractivity contribution >= 4 is 15.7 Å². The molecule has 1 aromatic carbocycles. The molecular formula is C16H22N2O2S. The number of rotatable bonds is 7. The first-order valence-corrected chi connectivity index (χ1v) is 9.49. The molecule has 0 atom stereocenters. The van der Waals surface area contributed by atoms with Gasteiger partial charge < -0.3 is 5.32 Å². The van der Waals surface area contributed by atoms with E-state index >= 15 is 0 Å². The highest BCUT2D eigenvalue weighted by Gasteiger charge is 2.41. The summed E-state index contributed by atoms with van der Waals surface area (Å²) in [6, 6.07) is 7.98. The molecule has 0 unspecified atom stereocenters. The predicted octanol–water partition coefficient (Wildman–Crippen LogP) is 2.73. The van der Waals surface area contributed by atoms with Crippen LogP contribution in [-0.2, 0) is 10.0 Å². The third-order valence-electron chi connectivity index (χ3n) is 4.66. The van der Waals surface area contributed by atoms with Gasteiger partial charge in [-0.05, 0) is 74.6 Å². The molecule has 5 heteroatoms. The fraction of sp³-hybridized carbons (Fsp3) is 0.625. The van der Waals surface area contributed by atoms with Crippen LogP contribution in [0.25, 0.3) is 0 Å². The number of anilines is 1. The molecule has 4 rings (SSSR count). The molecule has 3 aliphatic carbocycles. The highest BCUT2D eigenvalue weighted by Crippen LogP contribution is 2.45. The Balaban J connectivity index is 1.45. The first-order valence-electron chi connectivity index (χ1n) is 8.01. The van der Waals surface area contributed by atoms with Crippen molar-refractivity contribution in [1.82, 2.24) is 4.72 Å². The summed E-state index contributed by atoms with van der Waals surface area (Å²) in [6.07, 6.45) is 7.28. The minimum absolute atomic E-state index is 0.155. The highest BCUT2D eigenvalue weighted by molar-refractivity contribution is 7.89. The molecule has 0 amide bonds. The van der Waals surface area contributed by atoms with Crippen LogP contribution in [0.2, 0.25) is 0 Å². The summed E-state index contributed by atoms with van der Waals surface area (Å²) in [6.45, 7) is 0. The van der Waals surface area contributed by atoms with Crippen LogP contribution in [0.1, 0.15) is 38.5 Å². The van der Waals surface area contributed by atoms with E-state index in [-0.39, 0.29) is 6.04 Å². The Kier molecular flexibility index (Phi) is 3.23. The molecule has 3 fully saturated rings. The lowest BCUT2D eigenvalue weighted by atomic mass is 10.1. The van der Waals surface area contributed by atoms with E-state index in [1.165, 1.54) is 25.7 Å². The van der Waals surface area contributed by atoms with Crippen LogP contribution in [0.4, 0.5) is 5.69 Å². The Morgan fingerprint density at radius 3 is 1.95 bits per heavy atom. The molecule has 0 radical (unpaired) electrons. The highest BCUT2D eigenvalue weighted by atomic mass is 32.2. The van der Waals surface area contributed by atoms with Crippen molar-refractivity contribution in [2.75, 3.05) is 5.32 Å². The Bertz CT molecular complexity index is 602. The van der Waals surface area contributed by atoms with Gasteiger partial charge in [0.05, 0.1) is 4.90 Å². The summed E-state index contributed by atoms with van der Waals surface area (Å²) in [7, 11) is -3.33. The average Bonchev–Trinajstić information content (AvgIpc) is 3.30. The van der Waals surface area contributed by atoms with E-state index in [0.29, 0.717) is 10.9 Å². The molecule has 0 saturated heterocycles. The second-order valence-corrected chi connectivity index (χ2v) is 8.48. The maximum Gasteiger partial charge on any atom is 0.240 e. The smallest absolute Gasteiger partial charge is 0.240 e. The quantitative estimate of drug-likeness (QED) is 0.814. The Labute approximate surface area is 126 Å². The summed E-state index contributed by atoms with van der Waals surface area (Å²) >= 11 is 0. The Hall–Kier alpha value is -1.07. The standard InChI is InChI=1S/C16H22N2O2S/c19-21(20,18-14-5-6-14)15-9-7-13(8-10-15)17-16(11-1-2-11)12-3-4-12/h7-12,14,16-18H,1-6H2. The van der Waals surface area contributed by atoms with Crippen LogP contribution >= 0.6 is 0 Å². The zero-order valence-corrected chi connectivity index (χ0v) is 12.9. The number of benzene rings is 1. The van der Waals surface area contributed by atoms with Crippen molar-refractivity contribution in [3.63, 3.8) is 0 Å². The molecule has 114 valence electrons.